The highest BCUT2D eigenvalue weighted by molar-refractivity contribution is 7.89. The molecule has 0 aliphatic carbocycles. The lowest BCUT2D eigenvalue weighted by atomic mass is 9.96. The third kappa shape index (κ3) is 5.81. The first-order valence-corrected chi connectivity index (χ1v) is 12.4. The molecule has 2 N–H and O–H groups in total. The molecule has 2 amide bonds. The number of hydrogen-bond donors (Lipinski definition) is 1. The van der Waals surface area contributed by atoms with E-state index in [9.17, 15) is 18.0 Å². The third-order valence-electron chi connectivity index (χ3n) is 5.58. The van der Waals surface area contributed by atoms with Crippen molar-refractivity contribution in [1.29, 1.82) is 0 Å². The van der Waals surface area contributed by atoms with Crippen LogP contribution in [0, 0.1) is 12.8 Å². The summed E-state index contributed by atoms with van der Waals surface area (Å²) in [5.41, 5.74) is 6.82. The van der Waals surface area contributed by atoms with Gasteiger partial charge in [0.25, 0.3) is 0 Å². The fourth-order valence-corrected chi connectivity index (χ4v) is 5.43. The molecule has 0 spiro atoms. The van der Waals surface area contributed by atoms with E-state index in [-0.39, 0.29) is 35.7 Å². The number of amides is 2. The molecule has 1 aliphatic heterocycles. The van der Waals surface area contributed by atoms with Crippen LogP contribution in [0.25, 0.3) is 0 Å². The number of piperidine rings is 1. The number of carbonyl (C=O) groups is 2. The Morgan fingerprint density at radius 1 is 1.09 bits per heavy atom. The second-order valence-electron chi connectivity index (χ2n) is 7.88. The lowest BCUT2D eigenvalue weighted by molar-refractivity contribution is -0.135. The van der Waals surface area contributed by atoms with Crippen LogP contribution in [0.1, 0.15) is 24.0 Å². The number of hydrogen-bond acceptors (Lipinski definition) is 4. The Hall–Kier alpha value is -2.13. The average molecular weight is 498 g/mol. The molecule has 32 heavy (non-hydrogen) atoms. The van der Waals surface area contributed by atoms with E-state index in [1.54, 1.807) is 29.2 Å². The molecule has 1 fully saturated rings. The smallest absolute Gasteiger partial charge is 0.243 e. The van der Waals surface area contributed by atoms with Crippen molar-refractivity contribution >= 4 is 45.0 Å². The number of sulfonamides is 1. The van der Waals surface area contributed by atoms with Crippen LogP contribution in [0.3, 0.4) is 0 Å². The minimum atomic E-state index is -3.98. The first-order valence-electron chi connectivity index (χ1n) is 10.2. The summed E-state index contributed by atoms with van der Waals surface area (Å²) in [5.74, 6) is -0.980. The Balaban J connectivity index is 1.85. The molecule has 0 bridgehead atoms. The number of rotatable bonds is 7. The molecule has 0 saturated carbocycles. The largest absolute Gasteiger partial charge is 0.369 e. The molecule has 172 valence electrons. The minimum Gasteiger partial charge on any atom is -0.369 e. The summed E-state index contributed by atoms with van der Waals surface area (Å²) in [7, 11) is -3.98. The first-order chi connectivity index (χ1) is 15.1. The highest BCUT2D eigenvalue weighted by Crippen LogP contribution is 2.26. The minimum absolute atomic E-state index is 0.0876. The molecule has 1 aliphatic rings. The average Bonchev–Trinajstić information content (AvgIpc) is 2.75. The Morgan fingerprint density at radius 3 is 2.28 bits per heavy atom. The van der Waals surface area contributed by atoms with Crippen molar-refractivity contribution in [2.45, 2.75) is 31.2 Å². The van der Waals surface area contributed by atoms with E-state index in [1.807, 2.05) is 6.92 Å². The standard InChI is InChI=1S/C22H25Cl2N3O4S/c1-15-2-6-19(7-3-15)32(30,31)27(13-17-4-5-18(23)12-20(17)24)14-21(28)26-10-8-16(9-11-26)22(25)29/h2-7,12,16H,8-11,13-14H2,1H3,(H2,25,29). The van der Waals surface area contributed by atoms with Crippen molar-refractivity contribution in [3.05, 3.63) is 63.6 Å². The van der Waals surface area contributed by atoms with E-state index in [4.69, 9.17) is 28.9 Å². The van der Waals surface area contributed by atoms with Gasteiger partial charge in [0.1, 0.15) is 0 Å². The van der Waals surface area contributed by atoms with Gasteiger partial charge >= 0.3 is 0 Å². The van der Waals surface area contributed by atoms with Crippen molar-refractivity contribution in [2.75, 3.05) is 19.6 Å². The summed E-state index contributed by atoms with van der Waals surface area (Å²) >= 11 is 12.2. The summed E-state index contributed by atoms with van der Waals surface area (Å²) in [4.78, 5) is 26.0. The number of nitrogens with zero attached hydrogens (tertiary/aromatic N) is 2. The zero-order valence-electron chi connectivity index (χ0n) is 17.6. The van der Waals surface area contributed by atoms with E-state index >= 15 is 0 Å². The monoisotopic (exact) mass is 497 g/mol. The van der Waals surface area contributed by atoms with Crippen molar-refractivity contribution in [3.63, 3.8) is 0 Å². The van der Waals surface area contributed by atoms with Crippen molar-refractivity contribution in [1.82, 2.24) is 9.21 Å². The van der Waals surface area contributed by atoms with Gasteiger partial charge in [-0.3, -0.25) is 9.59 Å². The number of aryl methyl sites for hydroxylation is 1. The molecular formula is C22H25Cl2N3O4S. The summed E-state index contributed by atoms with van der Waals surface area (Å²) in [6.45, 7) is 2.13. The molecule has 0 aromatic heterocycles. The maximum Gasteiger partial charge on any atom is 0.243 e. The number of nitrogens with two attached hydrogens (primary N) is 1. The fourth-order valence-electron chi connectivity index (χ4n) is 3.59. The van der Waals surface area contributed by atoms with Crippen LogP contribution in [0.15, 0.2) is 47.4 Å². The van der Waals surface area contributed by atoms with Gasteiger partial charge in [0.15, 0.2) is 0 Å². The quantitative estimate of drug-likeness (QED) is 0.634. The second-order valence-corrected chi connectivity index (χ2v) is 10.7. The summed E-state index contributed by atoms with van der Waals surface area (Å²) in [6.07, 6.45) is 0.934. The molecule has 7 nitrogen and oxygen atoms in total. The van der Waals surface area contributed by atoms with Crippen LogP contribution in [0.4, 0.5) is 0 Å². The van der Waals surface area contributed by atoms with Crippen LogP contribution in [0.2, 0.25) is 10.0 Å². The van der Waals surface area contributed by atoms with Gasteiger partial charge in [0, 0.05) is 35.6 Å². The first kappa shape index (κ1) is 24.5. The predicted octanol–water partition coefficient (Wildman–Crippen LogP) is 3.22. The number of primary amides is 1. The molecule has 10 heteroatoms. The van der Waals surface area contributed by atoms with Gasteiger partial charge in [-0.25, -0.2) is 8.42 Å². The lowest BCUT2D eigenvalue weighted by Crippen LogP contribution is -2.46. The molecule has 0 radical (unpaired) electrons. The van der Waals surface area contributed by atoms with E-state index < -0.39 is 10.0 Å². The van der Waals surface area contributed by atoms with Gasteiger partial charge < -0.3 is 10.6 Å². The lowest BCUT2D eigenvalue weighted by Gasteiger charge is -2.32. The molecule has 2 aromatic carbocycles. The van der Waals surface area contributed by atoms with Gasteiger partial charge in [-0.15, -0.1) is 0 Å². The Bertz CT molecular complexity index is 1100. The van der Waals surface area contributed by atoms with Crippen LogP contribution in [-0.4, -0.2) is 49.1 Å². The number of halogens is 2. The fraction of sp³-hybridized carbons (Fsp3) is 0.364. The summed E-state index contributed by atoms with van der Waals surface area (Å²) in [5, 5.41) is 0.747. The number of likely N-dealkylation sites (tertiary alicyclic amines) is 1. The highest BCUT2D eigenvalue weighted by Gasteiger charge is 2.31. The van der Waals surface area contributed by atoms with Crippen LogP contribution < -0.4 is 5.73 Å². The zero-order valence-corrected chi connectivity index (χ0v) is 20.0. The third-order valence-corrected chi connectivity index (χ3v) is 7.98. The van der Waals surface area contributed by atoms with Gasteiger partial charge in [0.2, 0.25) is 21.8 Å². The topological polar surface area (TPSA) is 101 Å². The predicted molar refractivity (Wildman–Crippen MR) is 124 cm³/mol. The number of carbonyl (C=O) groups excluding carboxylic acids is 2. The SMILES string of the molecule is Cc1ccc(S(=O)(=O)N(CC(=O)N2CCC(C(N)=O)CC2)Cc2ccc(Cl)cc2Cl)cc1. The summed E-state index contributed by atoms with van der Waals surface area (Å²) in [6, 6.07) is 11.2. The van der Waals surface area contributed by atoms with Crippen molar-refractivity contribution in [2.24, 2.45) is 11.7 Å². The van der Waals surface area contributed by atoms with E-state index in [1.165, 1.54) is 18.2 Å². The van der Waals surface area contributed by atoms with Gasteiger partial charge in [0.05, 0.1) is 11.4 Å². The van der Waals surface area contributed by atoms with E-state index in [0.29, 0.717) is 41.5 Å². The Morgan fingerprint density at radius 2 is 1.72 bits per heavy atom. The second kappa shape index (κ2) is 10.2. The van der Waals surface area contributed by atoms with Crippen LogP contribution in [-0.2, 0) is 26.2 Å². The van der Waals surface area contributed by atoms with Crippen LogP contribution in [0.5, 0.6) is 0 Å². The molecule has 2 aromatic rings. The van der Waals surface area contributed by atoms with E-state index in [0.717, 1.165) is 9.87 Å². The van der Waals surface area contributed by atoms with Gasteiger partial charge in [-0.2, -0.15) is 4.31 Å². The van der Waals surface area contributed by atoms with Gasteiger partial charge in [-0.1, -0.05) is 47.0 Å². The van der Waals surface area contributed by atoms with Crippen LogP contribution >= 0.6 is 23.2 Å². The molecule has 1 heterocycles. The Kier molecular flexibility index (Phi) is 7.82. The van der Waals surface area contributed by atoms with Gasteiger partial charge in [-0.05, 0) is 49.6 Å². The maximum atomic E-state index is 13.4. The number of benzene rings is 2. The molecule has 0 atom stereocenters. The normalized spacial score (nSPS) is 15.2. The summed E-state index contributed by atoms with van der Waals surface area (Å²) < 4.78 is 27.9. The van der Waals surface area contributed by atoms with Crippen molar-refractivity contribution in [3.8, 4) is 0 Å². The molecule has 1 saturated heterocycles. The maximum absolute atomic E-state index is 13.4. The zero-order chi connectivity index (χ0) is 23.5. The van der Waals surface area contributed by atoms with Crippen molar-refractivity contribution < 1.29 is 18.0 Å². The highest BCUT2D eigenvalue weighted by atomic mass is 35.5. The van der Waals surface area contributed by atoms with E-state index in [2.05, 4.69) is 0 Å². The molecular weight excluding hydrogens is 473 g/mol. The molecule has 0 unspecified atom stereocenters. The Labute approximate surface area is 198 Å². The molecule has 3 rings (SSSR count).